The van der Waals surface area contributed by atoms with E-state index in [-0.39, 0.29) is 5.91 Å². The number of anilines is 1. The van der Waals surface area contributed by atoms with E-state index in [4.69, 9.17) is 5.73 Å². The van der Waals surface area contributed by atoms with Crippen LogP contribution in [-0.2, 0) is 4.79 Å². The zero-order chi connectivity index (χ0) is 13.0. The summed E-state index contributed by atoms with van der Waals surface area (Å²) in [5.74, 6) is 0.554. The number of halogens is 1. The molecule has 0 atom stereocenters. The molecule has 0 unspecified atom stereocenters. The third-order valence-electron chi connectivity index (χ3n) is 2.98. The number of primary amides is 1. The lowest BCUT2D eigenvalue weighted by Crippen LogP contribution is -2.43. The van der Waals surface area contributed by atoms with Gasteiger partial charge >= 0.3 is 0 Å². The van der Waals surface area contributed by atoms with Crippen molar-refractivity contribution in [3.8, 4) is 0 Å². The van der Waals surface area contributed by atoms with Crippen molar-refractivity contribution in [1.29, 1.82) is 0 Å². The number of hydrogen-bond donors (Lipinski definition) is 2. The zero-order valence-corrected chi connectivity index (χ0v) is 11.6. The summed E-state index contributed by atoms with van der Waals surface area (Å²) >= 11 is 3.41. The van der Waals surface area contributed by atoms with Crippen LogP contribution in [0.15, 0.2) is 17.0 Å². The van der Waals surface area contributed by atoms with Gasteiger partial charge in [0.2, 0.25) is 5.91 Å². The van der Waals surface area contributed by atoms with Gasteiger partial charge in [-0.1, -0.05) is 0 Å². The smallest absolute Gasteiger partial charge is 0.231 e. The molecular weight excluding hydrogens is 298 g/mol. The topological polar surface area (TPSA) is 84.1 Å². The van der Waals surface area contributed by atoms with E-state index < -0.39 is 0 Å². The van der Waals surface area contributed by atoms with E-state index in [0.29, 0.717) is 12.6 Å². The molecule has 1 aromatic rings. The second-order valence-electron chi connectivity index (χ2n) is 4.38. The van der Waals surface area contributed by atoms with Crippen LogP contribution in [-0.4, -0.2) is 46.5 Å². The number of piperidine rings is 1. The van der Waals surface area contributed by atoms with Gasteiger partial charge in [0.15, 0.2) is 0 Å². The van der Waals surface area contributed by atoms with E-state index >= 15 is 0 Å². The van der Waals surface area contributed by atoms with Crippen LogP contribution in [0.3, 0.4) is 0 Å². The van der Waals surface area contributed by atoms with Gasteiger partial charge in [0.05, 0.1) is 11.0 Å². The number of nitrogens with zero attached hydrogens (tertiary/aromatic N) is 3. The van der Waals surface area contributed by atoms with E-state index in [1.54, 1.807) is 6.20 Å². The summed E-state index contributed by atoms with van der Waals surface area (Å²) in [6.45, 7) is 2.11. The van der Waals surface area contributed by atoms with Gasteiger partial charge in [-0.2, -0.15) is 0 Å². The van der Waals surface area contributed by atoms with E-state index in [2.05, 4.69) is 36.1 Å². The van der Waals surface area contributed by atoms with Crippen molar-refractivity contribution in [3.05, 3.63) is 17.0 Å². The van der Waals surface area contributed by atoms with Gasteiger partial charge in [0, 0.05) is 25.3 Å². The Morgan fingerprint density at radius 2 is 2.28 bits per heavy atom. The number of aromatic nitrogens is 2. The summed E-state index contributed by atoms with van der Waals surface area (Å²) in [6.07, 6.45) is 5.19. The van der Waals surface area contributed by atoms with Crippen LogP contribution in [0.5, 0.6) is 0 Å². The lowest BCUT2D eigenvalue weighted by atomic mass is 10.1. The number of nitrogens with one attached hydrogen (secondary N) is 1. The molecule has 0 radical (unpaired) electrons. The fourth-order valence-electron chi connectivity index (χ4n) is 2.07. The van der Waals surface area contributed by atoms with Crippen LogP contribution in [0, 0.1) is 0 Å². The molecule has 0 bridgehead atoms. The number of likely N-dealkylation sites (tertiary alicyclic amines) is 1. The minimum Gasteiger partial charge on any atom is -0.369 e. The largest absolute Gasteiger partial charge is 0.369 e. The fraction of sp³-hybridized carbons (Fsp3) is 0.545. The SMILES string of the molecule is NC(=O)CN1CCC(Nc2ncncc2Br)CC1. The van der Waals surface area contributed by atoms with Crippen molar-refractivity contribution < 1.29 is 4.79 Å². The first-order valence-corrected chi connectivity index (χ1v) is 6.67. The third kappa shape index (κ3) is 3.64. The van der Waals surface area contributed by atoms with E-state index in [1.807, 2.05) is 0 Å². The summed E-state index contributed by atoms with van der Waals surface area (Å²) in [6, 6.07) is 0.375. The minimum atomic E-state index is -0.264. The fourth-order valence-corrected chi connectivity index (χ4v) is 2.40. The first-order valence-electron chi connectivity index (χ1n) is 5.88. The molecule has 0 aromatic carbocycles. The molecule has 3 N–H and O–H groups in total. The second kappa shape index (κ2) is 6.10. The molecule has 2 rings (SSSR count). The van der Waals surface area contributed by atoms with Crippen molar-refractivity contribution >= 4 is 27.7 Å². The van der Waals surface area contributed by atoms with Gasteiger partial charge in [-0.25, -0.2) is 9.97 Å². The molecule has 1 aliphatic rings. The molecule has 98 valence electrons. The van der Waals surface area contributed by atoms with Crippen LogP contribution in [0.2, 0.25) is 0 Å². The number of carbonyl (C=O) groups excluding carboxylic acids is 1. The Morgan fingerprint density at radius 3 is 2.89 bits per heavy atom. The molecule has 1 fully saturated rings. The molecule has 2 heterocycles. The van der Waals surface area contributed by atoms with Gasteiger partial charge < -0.3 is 11.1 Å². The molecule has 6 nitrogen and oxygen atoms in total. The molecule has 1 saturated heterocycles. The predicted octanol–water partition coefficient (Wildman–Crippen LogP) is 0.601. The number of rotatable bonds is 4. The van der Waals surface area contributed by atoms with Crippen LogP contribution in [0.4, 0.5) is 5.82 Å². The highest BCUT2D eigenvalue weighted by Gasteiger charge is 2.20. The molecule has 0 aliphatic carbocycles. The quantitative estimate of drug-likeness (QED) is 0.850. The van der Waals surface area contributed by atoms with Gasteiger partial charge in [-0.15, -0.1) is 0 Å². The molecule has 1 amide bonds. The van der Waals surface area contributed by atoms with Crippen LogP contribution >= 0.6 is 15.9 Å². The van der Waals surface area contributed by atoms with E-state index in [9.17, 15) is 4.79 Å². The number of amides is 1. The van der Waals surface area contributed by atoms with Crippen molar-refractivity contribution in [3.63, 3.8) is 0 Å². The Morgan fingerprint density at radius 1 is 1.56 bits per heavy atom. The highest BCUT2D eigenvalue weighted by Crippen LogP contribution is 2.21. The van der Waals surface area contributed by atoms with E-state index in [0.717, 1.165) is 36.2 Å². The summed E-state index contributed by atoms with van der Waals surface area (Å²) in [5.41, 5.74) is 5.18. The average molecular weight is 314 g/mol. The monoisotopic (exact) mass is 313 g/mol. The Bertz CT molecular complexity index is 420. The van der Waals surface area contributed by atoms with Crippen LogP contribution in [0.1, 0.15) is 12.8 Å². The predicted molar refractivity (Wildman–Crippen MR) is 72.0 cm³/mol. The van der Waals surface area contributed by atoms with Gasteiger partial charge in [-0.3, -0.25) is 9.69 Å². The summed E-state index contributed by atoms with van der Waals surface area (Å²) in [4.78, 5) is 21.0. The average Bonchev–Trinajstić information content (AvgIpc) is 2.34. The Labute approximate surface area is 114 Å². The molecule has 0 saturated carbocycles. The first-order chi connectivity index (χ1) is 8.65. The van der Waals surface area contributed by atoms with Crippen molar-refractivity contribution in [2.45, 2.75) is 18.9 Å². The Kier molecular flexibility index (Phi) is 4.48. The normalized spacial score (nSPS) is 17.6. The maximum Gasteiger partial charge on any atom is 0.231 e. The van der Waals surface area contributed by atoms with Gasteiger partial charge in [0.1, 0.15) is 12.1 Å². The maximum atomic E-state index is 10.8. The lowest BCUT2D eigenvalue weighted by molar-refractivity contribution is -0.119. The number of hydrogen-bond acceptors (Lipinski definition) is 5. The van der Waals surface area contributed by atoms with Crippen LogP contribution < -0.4 is 11.1 Å². The molecule has 7 heteroatoms. The number of carbonyl (C=O) groups is 1. The highest BCUT2D eigenvalue weighted by atomic mass is 79.9. The van der Waals surface area contributed by atoms with Crippen molar-refractivity contribution in [2.24, 2.45) is 5.73 Å². The second-order valence-corrected chi connectivity index (χ2v) is 5.23. The summed E-state index contributed by atoms with van der Waals surface area (Å²) in [7, 11) is 0. The Balaban J connectivity index is 1.84. The molecule has 0 spiro atoms. The zero-order valence-electron chi connectivity index (χ0n) is 9.97. The highest BCUT2D eigenvalue weighted by molar-refractivity contribution is 9.10. The molecule has 18 heavy (non-hydrogen) atoms. The lowest BCUT2D eigenvalue weighted by Gasteiger charge is -2.31. The minimum absolute atomic E-state index is 0.264. The van der Waals surface area contributed by atoms with Crippen LogP contribution in [0.25, 0.3) is 0 Å². The van der Waals surface area contributed by atoms with E-state index in [1.165, 1.54) is 6.33 Å². The summed E-state index contributed by atoms with van der Waals surface area (Å²) < 4.78 is 0.865. The number of nitrogens with two attached hydrogens (primary N) is 1. The summed E-state index contributed by atoms with van der Waals surface area (Å²) in [5, 5.41) is 3.38. The molecule has 1 aromatic heterocycles. The molecule has 1 aliphatic heterocycles. The standard InChI is InChI=1S/C11H16BrN5O/c12-9-5-14-7-15-11(9)16-8-1-3-17(4-2-8)6-10(13)18/h5,7-8H,1-4,6H2,(H2,13,18)(H,14,15,16). The van der Waals surface area contributed by atoms with Crippen molar-refractivity contribution in [1.82, 2.24) is 14.9 Å². The molecular formula is C11H16BrN5O. The maximum absolute atomic E-state index is 10.8. The third-order valence-corrected chi connectivity index (χ3v) is 3.56. The van der Waals surface area contributed by atoms with Gasteiger partial charge in [-0.05, 0) is 28.8 Å². The Hall–Kier alpha value is -1.21. The van der Waals surface area contributed by atoms with Gasteiger partial charge in [0.25, 0.3) is 0 Å². The first kappa shape index (κ1) is 13.2. The van der Waals surface area contributed by atoms with Crippen molar-refractivity contribution in [2.75, 3.05) is 25.0 Å².